The number of carbonyl (C=O) groups is 2. The summed E-state index contributed by atoms with van der Waals surface area (Å²) < 4.78 is 0. The molecule has 0 spiro atoms. The van der Waals surface area contributed by atoms with Crippen molar-refractivity contribution in [1.29, 1.82) is 0 Å². The van der Waals surface area contributed by atoms with Crippen molar-refractivity contribution < 1.29 is 9.59 Å². The first-order valence-electron chi connectivity index (χ1n) is 10.6. The van der Waals surface area contributed by atoms with Gasteiger partial charge < -0.3 is 0 Å². The molecule has 0 aliphatic heterocycles. The summed E-state index contributed by atoms with van der Waals surface area (Å²) in [4.78, 5) is 26.1. The van der Waals surface area contributed by atoms with Crippen molar-refractivity contribution in [3.8, 4) is 0 Å². The molecule has 0 aromatic heterocycles. The first-order valence-corrected chi connectivity index (χ1v) is 10.6. The fraction of sp³-hybridized carbons (Fsp3) is 0.481. The summed E-state index contributed by atoms with van der Waals surface area (Å²) >= 11 is 0. The van der Waals surface area contributed by atoms with Gasteiger partial charge >= 0.3 is 0 Å². The van der Waals surface area contributed by atoms with Crippen molar-refractivity contribution in [3.63, 3.8) is 0 Å². The summed E-state index contributed by atoms with van der Waals surface area (Å²) in [6.45, 7) is 16.5. The standard InChI is InChI=1S/C27H38O2/c1-18(2)10-9-11-24-22(15-12-19(3)4)23(16-13-20(5)6)25(17-14-21(7)8)27(29)26(24)28/h10,12-14H,9,11,15-17H2,1-8H3. The molecule has 0 aromatic carbocycles. The summed E-state index contributed by atoms with van der Waals surface area (Å²) in [5.41, 5.74) is 8.33. The molecule has 0 fully saturated rings. The minimum absolute atomic E-state index is 0.303. The van der Waals surface area contributed by atoms with Gasteiger partial charge in [-0.05, 0) is 98.6 Å². The molecule has 0 amide bonds. The Balaban J connectivity index is 3.63. The van der Waals surface area contributed by atoms with Gasteiger partial charge in [-0.3, -0.25) is 9.59 Å². The summed E-state index contributed by atoms with van der Waals surface area (Å²) in [5.74, 6) is -0.616. The summed E-state index contributed by atoms with van der Waals surface area (Å²) in [6.07, 6.45) is 11.9. The minimum atomic E-state index is -0.312. The smallest absolute Gasteiger partial charge is 0.229 e. The van der Waals surface area contributed by atoms with Crippen LogP contribution in [0.25, 0.3) is 0 Å². The number of allylic oxidation sites excluding steroid dienone is 12. The average molecular weight is 395 g/mol. The van der Waals surface area contributed by atoms with Gasteiger partial charge in [-0.1, -0.05) is 46.6 Å². The molecule has 0 saturated heterocycles. The van der Waals surface area contributed by atoms with E-state index in [0.717, 1.165) is 23.1 Å². The van der Waals surface area contributed by atoms with Crippen LogP contribution in [0.5, 0.6) is 0 Å². The van der Waals surface area contributed by atoms with Gasteiger partial charge in [-0.15, -0.1) is 0 Å². The van der Waals surface area contributed by atoms with Gasteiger partial charge in [0.1, 0.15) is 0 Å². The highest BCUT2D eigenvalue weighted by Crippen LogP contribution is 2.36. The molecule has 1 aliphatic rings. The second-order valence-corrected chi connectivity index (χ2v) is 8.85. The predicted octanol–water partition coefficient (Wildman–Crippen LogP) is 7.55. The van der Waals surface area contributed by atoms with Crippen LogP contribution in [0.15, 0.2) is 68.9 Å². The predicted molar refractivity (Wildman–Crippen MR) is 125 cm³/mol. The third-order valence-corrected chi connectivity index (χ3v) is 4.94. The lowest BCUT2D eigenvalue weighted by atomic mass is 9.78. The molecule has 1 aliphatic carbocycles. The lowest BCUT2D eigenvalue weighted by Gasteiger charge is -2.24. The van der Waals surface area contributed by atoms with E-state index in [9.17, 15) is 9.59 Å². The lowest BCUT2D eigenvalue weighted by molar-refractivity contribution is -0.132. The molecule has 0 atom stereocenters. The SMILES string of the molecule is CC(C)=CCCC1=C(CC=C(C)C)C(CC=C(C)C)=C(CC=C(C)C)C(=O)C1=O. The van der Waals surface area contributed by atoms with Gasteiger partial charge in [-0.25, -0.2) is 0 Å². The van der Waals surface area contributed by atoms with E-state index in [-0.39, 0.29) is 11.6 Å². The van der Waals surface area contributed by atoms with E-state index in [2.05, 4.69) is 65.8 Å². The summed E-state index contributed by atoms with van der Waals surface area (Å²) in [5, 5.41) is 0. The van der Waals surface area contributed by atoms with Crippen LogP contribution in [0.4, 0.5) is 0 Å². The summed E-state index contributed by atoms with van der Waals surface area (Å²) in [7, 11) is 0. The average Bonchev–Trinajstić information content (AvgIpc) is 2.61. The lowest BCUT2D eigenvalue weighted by Crippen LogP contribution is -2.26. The Hall–Kier alpha value is -2.22. The number of rotatable bonds is 9. The van der Waals surface area contributed by atoms with Crippen LogP contribution in [-0.4, -0.2) is 11.6 Å². The highest BCUT2D eigenvalue weighted by Gasteiger charge is 2.32. The maximum absolute atomic E-state index is 13.1. The molecule has 29 heavy (non-hydrogen) atoms. The Bertz CT molecular complexity index is 820. The van der Waals surface area contributed by atoms with Crippen molar-refractivity contribution in [2.45, 2.75) is 87.5 Å². The molecule has 2 nitrogen and oxygen atoms in total. The van der Waals surface area contributed by atoms with Crippen molar-refractivity contribution in [2.75, 3.05) is 0 Å². The van der Waals surface area contributed by atoms with Gasteiger partial charge in [0.15, 0.2) is 0 Å². The second-order valence-electron chi connectivity index (χ2n) is 8.85. The van der Waals surface area contributed by atoms with Crippen LogP contribution < -0.4 is 0 Å². The first kappa shape index (κ1) is 24.8. The molecular formula is C27H38O2. The van der Waals surface area contributed by atoms with E-state index in [1.165, 1.54) is 16.7 Å². The fourth-order valence-electron chi connectivity index (χ4n) is 3.31. The number of hydrogen-bond donors (Lipinski definition) is 0. The van der Waals surface area contributed by atoms with Crippen LogP contribution in [-0.2, 0) is 9.59 Å². The Labute approximate surface area is 177 Å². The molecule has 0 unspecified atom stereocenters. The van der Waals surface area contributed by atoms with Gasteiger partial charge in [-0.2, -0.15) is 0 Å². The number of carbonyl (C=O) groups excluding carboxylic acids is 2. The second kappa shape index (κ2) is 11.7. The van der Waals surface area contributed by atoms with E-state index in [4.69, 9.17) is 0 Å². The number of Topliss-reactive ketones (excluding diaryl/α,β-unsaturated/α-hetero) is 2. The van der Waals surface area contributed by atoms with E-state index in [1.54, 1.807) is 0 Å². The topological polar surface area (TPSA) is 34.1 Å². The van der Waals surface area contributed by atoms with Crippen LogP contribution in [0.3, 0.4) is 0 Å². The van der Waals surface area contributed by atoms with Crippen molar-refractivity contribution in [3.05, 3.63) is 68.9 Å². The van der Waals surface area contributed by atoms with Gasteiger partial charge in [0, 0.05) is 11.1 Å². The van der Waals surface area contributed by atoms with Crippen LogP contribution in [0, 0.1) is 0 Å². The van der Waals surface area contributed by atoms with Gasteiger partial charge in [0.2, 0.25) is 11.6 Å². The Morgan fingerprint density at radius 2 is 0.862 bits per heavy atom. The fourth-order valence-corrected chi connectivity index (χ4v) is 3.31. The Morgan fingerprint density at radius 3 is 1.28 bits per heavy atom. The van der Waals surface area contributed by atoms with Gasteiger partial charge in [0.05, 0.1) is 0 Å². The van der Waals surface area contributed by atoms with Crippen LogP contribution >= 0.6 is 0 Å². The Kier molecular flexibility index (Phi) is 10.0. The zero-order valence-electron chi connectivity index (χ0n) is 19.7. The number of ketones is 2. The first-order chi connectivity index (χ1) is 13.5. The maximum Gasteiger partial charge on any atom is 0.229 e. The molecule has 1 rings (SSSR count). The quantitative estimate of drug-likeness (QED) is 0.230. The monoisotopic (exact) mass is 394 g/mol. The Morgan fingerprint density at radius 1 is 0.517 bits per heavy atom. The third kappa shape index (κ3) is 7.97. The maximum atomic E-state index is 13.1. The normalized spacial score (nSPS) is 14.1. The molecule has 158 valence electrons. The van der Waals surface area contributed by atoms with E-state index in [1.807, 2.05) is 13.8 Å². The molecule has 0 heterocycles. The van der Waals surface area contributed by atoms with Crippen LogP contribution in [0.2, 0.25) is 0 Å². The highest BCUT2D eigenvalue weighted by atomic mass is 16.2. The molecule has 0 bridgehead atoms. The highest BCUT2D eigenvalue weighted by molar-refractivity contribution is 6.50. The molecule has 2 heteroatoms. The van der Waals surface area contributed by atoms with Crippen molar-refractivity contribution in [2.24, 2.45) is 0 Å². The molecular weight excluding hydrogens is 356 g/mol. The van der Waals surface area contributed by atoms with Crippen LogP contribution in [0.1, 0.15) is 87.5 Å². The zero-order chi connectivity index (χ0) is 22.1. The minimum Gasteiger partial charge on any atom is -0.285 e. The van der Waals surface area contributed by atoms with Gasteiger partial charge in [0.25, 0.3) is 0 Å². The van der Waals surface area contributed by atoms with E-state index < -0.39 is 0 Å². The van der Waals surface area contributed by atoms with E-state index in [0.29, 0.717) is 36.8 Å². The number of hydrogen-bond acceptors (Lipinski definition) is 2. The van der Waals surface area contributed by atoms with Crippen molar-refractivity contribution >= 4 is 11.6 Å². The molecule has 0 radical (unpaired) electrons. The summed E-state index contributed by atoms with van der Waals surface area (Å²) in [6, 6.07) is 0. The third-order valence-electron chi connectivity index (χ3n) is 4.94. The zero-order valence-corrected chi connectivity index (χ0v) is 19.7. The van der Waals surface area contributed by atoms with E-state index >= 15 is 0 Å². The molecule has 0 N–H and O–H groups in total. The largest absolute Gasteiger partial charge is 0.285 e. The molecule has 0 aromatic rings. The molecule has 0 saturated carbocycles. The van der Waals surface area contributed by atoms with Crippen molar-refractivity contribution in [1.82, 2.24) is 0 Å².